The van der Waals surface area contributed by atoms with Gasteiger partial charge in [-0.05, 0) is 43.7 Å². The summed E-state index contributed by atoms with van der Waals surface area (Å²) in [5, 5.41) is 3.99. The average Bonchev–Trinajstić information content (AvgIpc) is 3.30. The second-order valence-electron chi connectivity index (χ2n) is 7.07. The minimum Gasteiger partial charge on any atom is -0.490 e. The van der Waals surface area contributed by atoms with Gasteiger partial charge in [0.1, 0.15) is 0 Å². The number of pyridine rings is 1. The van der Waals surface area contributed by atoms with Crippen molar-refractivity contribution in [2.24, 2.45) is 0 Å². The van der Waals surface area contributed by atoms with Crippen molar-refractivity contribution < 1.29 is 23.5 Å². The van der Waals surface area contributed by atoms with Gasteiger partial charge in [0, 0.05) is 24.5 Å². The Hall–Kier alpha value is -3.46. The summed E-state index contributed by atoms with van der Waals surface area (Å²) in [6.07, 6.45) is 2.84. The third-order valence-corrected chi connectivity index (χ3v) is 4.81. The number of hydrogen-bond donors (Lipinski definition) is 0. The van der Waals surface area contributed by atoms with Gasteiger partial charge in [-0.1, -0.05) is 11.2 Å². The number of benzene rings is 1. The molecule has 0 spiro atoms. The molecule has 2 aromatic heterocycles. The molecule has 9 heteroatoms. The molecule has 1 amide bonds. The van der Waals surface area contributed by atoms with Gasteiger partial charge in [-0.2, -0.15) is 4.98 Å². The zero-order valence-corrected chi connectivity index (χ0v) is 17.5. The highest BCUT2D eigenvalue weighted by Crippen LogP contribution is 2.29. The summed E-state index contributed by atoms with van der Waals surface area (Å²) in [6.45, 7) is 5.45. The third kappa shape index (κ3) is 5.00. The standard InChI is InChI=1S/C22H24N4O5/c1-3-28-18-11-15(2)6-7-17(18)30-14-20(27)26-9-10-29-19(13-26)22-24-21(25-31-22)16-5-4-8-23-12-16/h4-8,11-12,19H,3,9-10,13-14H2,1-2H3/t19-/m1/s1. The quantitative estimate of drug-likeness (QED) is 0.571. The van der Waals surface area contributed by atoms with Crippen LogP contribution in [0.1, 0.15) is 24.5 Å². The first kappa shape index (κ1) is 20.8. The van der Waals surface area contributed by atoms with Crippen molar-refractivity contribution in [3.05, 3.63) is 54.2 Å². The topological polar surface area (TPSA) is 99.8 Å². The lowest BCUT2D eigenvalue weighted by molar-refractivity contribution is -0.142. The van der Waals surface area contributed by atoms with Gasteiger partial charge in [-0.25, -0.2) is 0 Å². The Bertz CT molecular complexity index is 1020. The van der Waals surface area contributed by atoms with E-state index in [1.807, 2.05) is 38.1 Å². The summed E-state index contributed by atoms with van der Waals surface area (Å²) in [5.41, 5.74) is 1.81. The molecule has 1 fully saturated rings. The number of hydrogen-bond acceptors (Lipinski definition) is 8. The number of rotatable bonds is 7. The van der Waals surface area contributed by atoms with Crippen molar-refractivity contribution in [2.45, 2.75) is 20.0 Å². The lowest BCUT2D eigenvalue weighted by Crippen LogP contribution is -2.44. The predicted octanol–water partition coefficient (Wildman–Crippen LogP) is 2.82. The van der Waals surface area contributed by atoms with Gasteiger partial charge in [0.2, 0.25) is 5.82 Å². The van der Waals surface area contributed by atoms with Gasteiger partial charge in [0.05, 0.1) is 19.8 Å². The lowest BCUT2D eigenvalue weighted by atomic mass is 10.2. The van der Waals surface area contributed by atoms with Crippen molar-refractivity contribution in [2.75, 3.05) is 32.9 Å². The summed E-state index contributed by atoms with van der Waals surface area (Å²) in [5.74, 6) is 1.78. The predicted molar refractivity (Wildman–Crippen MR) is 111 cm³/mol. The Morgan fingerprint density at radius 1 is 1.26 bits per heavy atom. The number of ether oxygens (including phenoxy) is 3. The summed E-state index contributed by atoms with van der Waals surface area (Å²) in [6, 6.07) is 9.27. The summed E-state index contributed by atoms with van der Waals surface area (Å²) >= 11 is 0. The van der Waals surface area contributed by atoms with Crippen molar-refractivity contribution in [3.63, 3.8) is 0 Å². The number of aryl methyl sites for hydroxylation is 1. The number of carbonyl (C=O) groups is 1. The van der Waals surface area contributed by atoms with E-state index in [1.54, 1.807) is 23.4 Å². The minimum absolute atomic E-state index is 0.0966. The molecule has 1 aromatic carbocycles. The molecule has 9 nitrogen and oxygen atoms in total. The zero-order valence-electron chi connectivity index (χ0n) is 17.5. The van der Waals surface area contributed by atoms with E-state index in [1.165, 1.54) is 0 Å². The Balaban J connectivity index is 1.38. The first-order chi connectivity index (χ1) is 15.1. The molecule has 162 valence electrons. The molecular weight excluding hydrogens is 400 g/mol. The molecule has 1 saturated heterocycles. The maximum absolute atomic E-state index is 12.7. The Kier molecular flexibility index (Phi) is 6.42. The Labute approximate surface area is 179 Å². The van der Waals surface area contributed by atoms with Gasteiger partial charge in [0.25, 0.3) is 11.8 Å². The SMILES string of the molecule is CCOc1cc(C)ccc1OCC(=O)N1CCO[C@@H](c2nc(-c3cccnc3)no2)C1. The summed E-state index contributed by atoms with van der Waals surface area (Å²) in [4.78, 5) is 22.9. The molecule has 0 radical (unpaired) electrons. The van der Waals surface area contributed by atoms with Crippen LogP contribution in [0.25, 0.3) is 11.4 Å². The van der Waals surface area contributed by atoms with Gasteiger partial charge in [-0.15, -0.1) is 0 Å². The smallest absolute Gasteiger partial charge is 0.260 e. The molecule has 31 heavy (non-hydrogen) atoms. The van der Waals surface area contributed by atoms with Crippen LogP contribution in [0.5, 0.6) is 11.5 Å². The fraction of sp³-hybridized carbons (Fsp3) is 0.364. The van der Waals surface area contributed by atoms with E-state index >= 15 is 0 Å². The number of carbonyl (C=O) groups excluding carboxylic acids is 1. The molecule has 3 heterocycles. The van der Waals surface area contributed by atoms with E-state index in [2.05, 4.69) is 15.1 Å². The molecule has 0 bridgehead atoms. The van der Waals surface area contributed by atoms with E-state index in [0.29, 0.717) is 49.5 Å². The van der Waals surface area contributed by atoms with Gasteiger partial charge in [-0.3, -0.25) is 9.78 Å². The highest BCUT2D eigenvalue weighted by molar-refractivity contribution is 5.78. The van der Waals surface area contributed by atoms with E-state index in [9.17, 15) is 4.79 Å². The van der Waals surface area contributed by atoms with E-state index in [0.717, 1.165) is 11.1 Å². The first-order valence-corrected chi connectivity index (χ1v) is 10.1. The van der Waals surface area contributed by atoms with Crippen LogP contribution in [0, 0.1) is 6.92 Å². The number of morpholine rings is 1. The maximum Gasteiger partial charge on any atom is 0.260 e. The molecule has 1 aliphatic rings. The van der Waals surface area contributed by atoms with Crippen LogP contribution in [0.3, 0.4) is 0 Å². The second kappa shape index (κ2) is 9.57. The van der Waals surface area contributed by atoms with Crippen LogP contribution in [0.4, 0.5) is 0 Å². The van der Waals surface area contributed by atoms with Crippen LogP contribution in [0.2, 0.25) is 0 Å². The molecule has 1 aliphatic heterocycles. The molecule has 0 unspecified atom stereocenters. The van der Waals surface area contributed by atoms with Crippen molar-refractivity contribution in [1.82, 2.24) is 20.0 Å². The second-order valence-corrected chi connectivity index (χ2v) is 7.07. The molecule has 0 N–H and O–H groups in total. The highest BCUT2D eigenvalue weighted by Gasteiger charge is 2.30. The van der Waals surface area contributed by atoms with Crippen molar-refractivity contribution in [1.29, 1.82) is 0 Å². The minimum atomic E-state index is -0.492. The Morgan fingerprint density at radius 2 is 2.16 bits per heavy atom. The van der Waals surface area contributed by atoms with Crippen LogP contribution < -0.4 is 9.47 Å². The molecule has 3 aromatic rings. The number of aromatic nitrogens is 3. The largest absolute Gasteiger partial charge is 0.490 e. The van der Waals surface area contributed by atoms with Crippen LogP contribution in [-0.2, 0) is 9.53 Å². The molecule has 0 aliphatic carbocycles. The molecule has 0 saturated carbocycles. The monoisotopic (exact) mass is 424 g/mol. The normalized spacial score (nSPS) is 16.2. The zero-order chi connectivity index (χ0) is 21.6. The van der Waals surface area contributed by atoms with Crippen LogP contribution in [0.15, 0.2) is 47.2 Å². The number of nitrogens with zero attached hydrogens (tertiary/aromatic N) is 4. The maximum atomic E-state index is 12.7. The average molecular weight is 424 g/mol. The fourth-order valence-corrected chi connectivity index (χ4v) is 3.24. The highest BCUT2D eigenvalue weighted by atomic mass is 16.5. The van der Waals surface area contributed by atoms with Gasteiger partial charge >= 0.3 is 0 Å². The van der Waals surface area contributed by atoms with E-state index in [4.69, 9.17) is 18.7 Å². The van der Waals surface area contributed by atoms with Gasteiger partial charge in [0.15, 0.2) is 24.2 Å². The molecular formula is C22H24N4O5. The van der Waals surface area contributed by atoms with E-state index < -0.39 is 6.10 Å². The lowest BCUT2D eigenvalue weighted by Gasteiger charge is -2.31. The third-order valence-electron chi connectivity index (χ3n) is 4.81. The van der Waals surface area contributed by atoms with Crippen LogP contribution >= 0.6 is 0 Å². The first-order valence-electron chi connectivity index (χ1n) is 10.1. The van der Waals surface area contributed by atoms with Gasteiger partial charge < -0.3 is 23.6 Å². The molecule has 4 rings (SSSR count). The fourth-order valence-electron chi connectivity index (χ4n) is 3.24. The molecule has 1 atom stereocenters. The summed E-state index contributed by atoms with van der Waals surface area (Å²) < 4.78 is 22.5. The number of amides is 1. The summed E-state index contributed by atoms with van der Waals surface area (Å²) in [7, 11) is 0. The van der Waals surface area contributed by atoms with E-state index in [-0.39, 0.29) is 12.5 Å². The van der Waals surface area contributed by atoms with Crippen molar-refractivity contribution >= 4 is 5.91 Å². The Morgan fingerprint density at radius 3 is 2.97 bits per heavy atom. The van der Waals surface area contributed by atoms with Crippen LogP contribution in [-0.4, -0.2) is 58.8 Å². The van der Waals surface area contributed by atoms with Crippen molar-refractivity contribution in [3.8, 4) is 22.9 Å².